The van der Waals surface area contributed by atoms with E-state index in [0.717, 1.165) is 31.4 Å². The van der Waals surface area contributed by atoms with Crippen molar-refractivity contribution in [2.75, 3.05) is 23.3 Å². The predicted octanol–water partition coefficient (Wildman–Crippen LogP) is 3.50. The number of carbonyl (C=O) groups is 2. The van der Waals surface area contributed by atoms with E-state index in [2.05, 4.69) is 5.32 Å². The highest BCUT2D eigenvalue weighted by molar-refractivity contribution is 5.95. The van der Waals surface area contributed by atoms with Crippen LogP contribution in [0.2, 0.25) is 0 Å². The van der Waals surface area contributed by atoms with Crippen LogP contribution in [0.3, 0.4) is 0 Å². The first-order valence-corrected chi connectivity index (χ1v) is 7.75. The van der Waals surface area contributed by atoms with Crippen molar-refractivity contribution in [3.05, 3.63) is 23.8 Å². The summed E-state index contributed by atoms with van der Waals surface area (Å²) in [5.41, 5.74) is -0.245. The molecule has 1 aliphatic rings. The van der Waals surface area contributed by atoms with Crippen molar-refractivity contribution in [1.82, 2.24) is 0 Å². The quantitative estimate of drug-likeness (QED) is 0.858. The lowest BCUT2D eigenvalue weighted by molar-refractivity contribution is -0.138. The molecule has 1 fully saturated rings. The van der Waals surface area contributed by atoms with Crippen molar-refractivity contribution in [3.63, 3.8) is 0 Å². The summed E-state index contributed by atoms with van der Waals surface area (Å²) in [5, 5.41) is 11.0. The summed E-state index contributed by atoms with van der Waals surface area (Å²) in [7, 11) is 0. The zero-order valence-corrected chi connectivity index (χ0v) is 13.0. The minimum Gasteiger partial charge on any atom is -0.481 e. The van der Waals surface area contributed by atoms with Gasteiger partial charge in [0.05, 0.1) is 23.4 Å². The summed E-state index contributed by atoms with van der Waals surface area (Å²) in [6.07, 6.45) is -2.23. The second-order valence-electron chi connectivity index (χ2n) is 5.72. The van der Waals surface area contributed by atoms with Crippen molar-refractivity contribution in [2.24, 2.45) is 0 Å². The first kappa shape index (κ1) is 18.1. The predicted molar refractivity (Wildman–Crippen MR) is 83.0 cm³/mol. The molecule has 1 heterocycles. The minimum atomic E-state index is -4.51. The van der Waals surface area contributed by atoms with E-state index in [1.54, 1.807) is 0 Å². The van der Waals surface area contributed by atoms with Gasteiger partial charge in [0.15, 0.2) is 0 Å². The van der Waals surface area contributed by atoms with E-state index >= 15 is 0 Å². The number of carboxylic acids is 1. The molecule has 5 nitrogen and oxygen atoms in total. The van der Waals surface area contributed by atoms with Crippen molar-refractivity contribution in [3.8, 4) is 0 Å². The first-order valence-electron chi connectivity index (χ1n) is 7.75. The van der Waals surface area contributed by atoms with Gasteiger partial charge < -0.3 is 15.3 Å². The number of anilines is 2. The second kappa shape index (κ2) is 7.55. The van der Waals surface area contributed by atoms with Crippen LogP contribution < -0.4 is 10.2 Å². The molecule has 1 aromatic rings. The molecule has 1 saturated heterocycles. The number of aliphatic carboxylic acids is 1. The number of hydrogen-bond acceptors (Lipinski definition) is 3. The molecule has 1 aromatic carbocycles. The molecule has 2 N–H and O–H groups in total. The number of rotatable bonds is 5. The highest BCUT2D eigenvalue weighted by Gasteiger charge is 2.31. The van der Waals surface area contributed by atoms with Crippen LogP contribution >= 0.6 is 0 Å². The molecule has 0 aliphatic carbocycles. The van der Waals surface area contributed by atoms with E-state index in [1.165, 1.54) is 6.07 Å². The van der Waals surface area contributed by atoms with E-state index in [0.29, 0.717) is 18.8 Å². The minimum absolute atomic E-state index is 0.0714. The van der Waals surface area contributed by atoms with E-state index in [9.17, 15) is 22.8 Å². The lowest BCUT2D eigenvalue weighted by Gasteiger charge is -2.31. The second-order valence-corrected chi connectivity index (χ2v) is 5.72. The van der Waals surface area contributed by atoms with Gasteiger partial charge in [0.2, 0.25) is 5.91 Å². The largest absolute Gasteiger partial charge is 0.481 e. The Labute approximate surface area is 137 Å². The standard InChI is InChI=1S/C16H19F3N2O3/c17-16(18,19)11-4-5-13(21-8-2-1-3-9-21)12(10-11)20-14(22)6-7-15(23)24/h4-5,10H,1-3,6-9H2,(H,20,22)(H,23,24). The highest BCUT2D eigenvalue weighted by Crippen LogP contribution is 2.36. The average molecular weight is 344 g/mol. The van der Waals surface area contributed by atoms with Gasteiger partial charge in [-0.1, -0.05) is 0 Å². The number of nitrogens with zero attached hydrogens (tertiary/aromatic N) is 1. The molecule has 1 aliphatic heterocycles. The molecule has 0 aromatic heterocycles. The Morgan fingerprint density at radius 2 is 1.79 bits per heavy atom. The van der Waals surface area contributed by atoms with E-state index < -0.39 is 23.6 Å². The van der Waals surface area contributed by atoms with Crippen molar-refractivity contribution < 1.29 is 27.9 Å². The summed E-state index contributed by atoms with van der Waals surface area (Å²) >= 11 is 0. The third-order valence-corrected chi connectivity index (χ3v) is 3.86. The molecular weight excluding hydrogens is 325 g/mol. The fourth-order valence-electron chi connectivity index (χ4n) is 2.66. The summed E-state index contributed by atoms with van der Waals surface area (Å²) < 4.78 is 38.8. The molecule has 0 unspecified atom stereocenters. The van der Waals surface area contributed by atoms with Gasteiger partial charge in [-0.05, 0) is 37.5 Å². The third kappa shape index (κ3) is 4.87. The Morgan fingerprint density at radius 1 is 1.12 bits per heavy atom. The van der Waals surface area contributed by atoms with Gasteiger partial charge in [-0.25, -0.2) is 0 Å². The van der Waals surface area contributed by atoms with Gasteiger partial charge >= 0.3 is 12.1 Å². The van der Waals surface area contributed by atoms with Gasteiger partial charge in [0.1, 0.15) is 0 Å². The Bertz CT molecular complexity index is 611. The molecule has 0 spiro atoms. The van der Waals surface area contributed by atoms with Crippen LogP contribution in [0.15, 0.2) is 18.2 Å². The number of halogens is 3. The molecule has 0 bridgehead atoms. The number of piperidine rings is 1. The highest BCUT2D eigenvalue weighted by atomic mass is 19.4. The molecule has 2 rings (SSSR count). The van der Waals surface area contributed by atoms with Crippen LogP contribution in [0.5, 0.6) is 0 Å². The van der Waals surface area contributed by atoms with Crippen molar-refractivity contribution in [2.45, 2.75) is 38.3 Å². The first-order chi connectivity index (χ1) is 11.3. The Hall–Kier alpha value is -2.25. The molecule has 0 saturated carbocycles. The maximum atomic E-state index is 12.9. The molecule has 1 amide bonds. The summed E-state index contributed by atoms with van der Waals surface area (Å²) in [6, 6.07) is 3.26. The number of alkyl halides is 3. The normalized spacial score (nSPS) is 15.2. The topological polar surface area (TPSA) is 69.6 Å². The molecule has 8 heteroatoms. The number of nitrogens with one attached hydrogen (secondary N) is 1. The maximum Gasteiger partial charge on any atom is 0.416 e. The summed E-state index contributed by atoms with van der Waals surface area (Å²) in [6.45, 7) is 1.42. The SMILES string of the molecule is O=C(O)CCC(=O)Nc1cc(C(F)(F)F)ccc1N1CCCCC1. The number of benzene rings is 1. The monoisotopic (exact) mass is 344 g/mol. The number of amides is 1. The fourth-order valence-corrected chi connectivity index (χ4v) is 2.66. The number of hydrogen-bond donors (Lipinski definition) is 2. The van der Waals surface area contributed by atoms with E-state index in [1.807, 2.05) is 4.90 Å². The Balaban J connectivity index is 2.25. The molecule has 0 radical (unpaired) electrons. The average Bonchev–Trinajstić information content (AvgIpc) is 2.53. The van der Waals surface area contributed by atoms with Crippen molar-refractivity contribution >= 4 is 23.3 Å². The van der Waals surface area contributed by atoms with Gasteiger partial charge in [-0.3, -0.25) is 9.59 Å². The van der Waals surface area contributed by atoms with E-state index in [-0.39, 0.29) is 18.5 Å². The van der Waals surface area contributed by atoms with Crippen LogP contribution in [0.25, 0.3) is 0 Å². The van der Waals surface area contributed by atoms with Crippen molar-refractivity contribution in [1.29, 1.82) is 0 Å². The Kier molecular flexibility index (Phi) is 5.69. The molecule has 0 atom stereocenters. The van der Waals surface area contributed by atoms with Crippen LogP contribution in [-0.4, -0.2) is 30.1 Å². The fraction of sp³-hybridized carbons (Fsp3) is 0.500. The van der Waals surface area contributed by atoms with Crippen LogP contribution in [0.4, 0.5) is 24.5 Å². The maximum absolute atomic E-state index is 12.9. The lowest BCUT2D eigenvalue weighted by atomic mass is 10.1. The van der Waals surface area contributed by atoms with Crippen LogP contribution in [0, 0.1) is 0 Å². The molecule has 132 valence electrons. The zero-order valence-electron chi connectivity index (χ0n) is 13.0. The Morgan fingerprint density at radius 3 is 2.38 bits per heavy atom. The van der Waals surface area contributed by atoms with Crippen LogP contribution in [0.1, 0.15) is 37.7 Å². The van der Waals surface area contributed by atoms with Crippen LogP contribution in [-0.2, 0) is 15.8 Å². The number of carboxylic acid groups (broad SMARTS) is 1. The lowest BCUT2D eigenvalue weighted by Crippen LogP contribution is -2.30. The third-order valence-electron chi connectivity index (χ3n) is 3.86. The van der Waals surface area contributed by atoms with E-state index in [4.69, 9.17) is 5.11 Å². The summed E-state index contributed by atoms with van der Waals surface area (Å²) in [4.78, 5) is 24.3. The van der Waals surface area contributed by atoms with Gasteiger partial charge in [0.25, 0.3) is 0 Å². The van der Waals surface area contributed by atoms with Gasteiger partial charge in [-0.15, -0.1) is 0 Å². The van der Waals surface area contributed by atoms with Gasteiger partial charge in [0, 0.05) is 19.5 Å². The van der Waals surface area contributed by atoms with Gasteiger partial charge in [-0.2, -0.15) is 13.2 Å². The smallest absolute Gasteiger partial charge is 0.416 e. The molecular formula is C16H19F3N2O3. The number of carbonyl (C=O) groups excluding carboxylic acids is 1. The summed E-state index contributed by atoms with van der Waals surface area (Å²) in [5.74, 6) is -1.75. The zero-order chi connectivity index (χ0) is 17.7. The molecule has 24 heavy (non-hydrogen) atoms.